The molecule has 0 unspecified atom stereocenters. The number of fused-ring (bicyclic) bond motifs is 1. The van der Waals surface area contributed by atoms with E-state index in [2.05, 4.69) is 9.97 Å². The quantitative estimate of drug-likeness (QED) is 0.597. The number of aromatic nitrogens is 2. The number of aliphatic hydroxyl groups is 2. The number of aromatic amines is 1. The topological polar surface area (TPSA) is 121 Å². The molecule has 2 aromatic heterocycles. The van der Waals surface area contributed by atoms with Gasteiger partial charge in [-0.2, -0.15) is 0 Å². The van der Waals surface area contributed by atoms with Gasteiger partial charge in [0, 0.05) is 23.4 Å². The van der Waals surface area contributed by atoms with Crippen molar-refractivity contribution in [3.63, 3.8) is 0 Å². The third kappa shape index (κ3) is 2.15. The molecule has 3 rings (SSSR count). The second-order valence-corrected chi connectivity index (χ2v) is 4.87. The molecule has 0 aliphatic carbocycles. The maximum absolute atomic E-state index is 11.2. The van der Waals surface area contributed by atoms with Gasteiger partial charge in [0.2, 0.25) is 5.56 Å². The van der Waals surface area contributed by atoms with Crippen LogP contribution >= 0.6 is 0 Å². The molecule has 1 saturated heterocycles. The van der Waals surface area contributed by atoms with Crippen molar-refractivity contribution in [2.24, 2.45) is 0 Å². The van der Waals surface area contributed by atoms with Crippen LogP contribution in [0.2, 0.25) is 0 Å². The highest BCUT2D eigenvalue weighted by Crippen LogP contribution is 2.36. The highest BCUT2D eigenvalue weighted by molar-refractivity contribution is 5.77. The van der Waals surface area contributed by atoms with Gasteiger partial charge < -0.3 is 25.7 Å². The molecule has 1 aliphatic heterocycles. The predicted molar refractivity (Wildman–Crippen MR) is 72.1 cm³/mol. The van der Waals surface area contributed by atoms with Gasteiger partial charge in [0.05, 0.1) is 18.8 Å². The van der Waals surface area contributed by atoms with Crippen LogP contribution in [0.25, 0.3) is 11.0 Å². The number of nitrogens with two attached hydrogens (primary N) is 1. The van der Waals surface area contributed by atoms with Gasteiger partial charge in [-0.1, -0.05) is 0 Å². The van der Waals surface area contributed by atoms with Crippen LogP contribution in [0.15, 0.2) is 23.0 Å². The summed E-state index contributed by atoms with van der Waals surface area (Å²) in [4.78, 5) is 18.0. The number of H-pyrrole nitrogens is 1. The van der Waals surface area contributed by atoms with Crippen LogP contribution < -0.4 is 11.3 Å². The molecular formula is C13H15N3O4. The van der Waals surface area contributed by atoms with Crippen LogP contribution in [0.4, 0.5) is 5.82 Å². The van der Waals surface area contributed by atoms with Crippen LogP contribution in [0.5, 0.6) is 0 Å². The Hall–Kier alpha value is -1.96. The van der Waals surface area contributed by atoms with Crippen molar-refractivity contribution < 1.29 is 14.9 Å². The number of aliphatic hydroxyl groups excluding tert-OH is 2. The fourth-order valence-corrected chi connectivity index (χ4v) is 2.46. The predicted octanol–water partition coefficient (Wildman–Crippen LogP) is -0.312. The number of anilines is 1. The third-order valence-electron chi connectivity index (χ3n) is 3.52. The number of nitrogens with one attached hydrogen (secondary N) is 1. The molecule has 3 atom stereocenters. The second kappa shape index (κ2) is 4.86. The minimum atomic E-state index is -0.726. The highest BCUT2D eigenvalue weighted by atomic mass is 16.5. The fraction of sp³-hybridized carbons (Fsp3) is 0.385. The first kappa shape index (κ1) is 13.0. The first-order valence-corrected chi connectivity index (χ1v) is 6.32. The summed E-state index contributed by atoms with van der Waals surface area (Å²) in [6, 6.07) is 4.84. The average molecular weight is 277 g/mol. The van der Waals surface area contributed by atoms with Crippen LogP contribution in [0.1, 0.15) is 18.1 Å². The van der Waals surface area contributed by atoms with E-state index < -0.39 is 18.3 Å². The molecule has 7 heteroatoms. The maximum atomic E-state index is 11.2. The van der Waals surface area contributed by atoms with Crippen molar-refractivity contribution in [1.29, 1.82) is 0 Å². The molecular weight excluding hydrogens is 262 g/mol. The van der Waals surface area contributed by atoms with Gasteiger partial charge in [-0.05, 0) is 12.1 Å². The molecule has 1 fully saturated rings. The van der Waals surface area contributed by atoms with E-state index in [-0.39, 0.29) is 18.0 Å². The van der Waals surface area contributed by atoms with Crippen molar-refractivity contribution in [2.75, 3.05) is 12.3 Å². The van der Waals surface area contributed by atoms with E-state index in [1.807, 2.05) is 0 Å². The Bertz CT molecular complexity index is 700. The van der Waals surface area contributed by atoms with Crippen molar-refractivity contribution >= 4 is 16.9 Å². The molecule has 106 valence electrons. The number of rotatable bonds is 2. The Morgan fingerprint density at radius 3 is 3.00 bits per heavy atom. The van der Waals surface area contributed by atoms with E-state index in [1.54, 1.807) is 12.1 Å². The molecule has 0 bridgehead atoms. The van der Waals surface area contributed by atoms with Gasteiger partial charge in [0.15, 0.2) is 0 Å². The lowest BCUT2D eigenvalue weighted by Crippen LogP contribution is -2.24. The molecule has 1 aliphatic rings. The summed E-state index contributed by atoms with van der Waals surface area (Å²) in [5.41, 5.74) is 6.71. The van der Waals surface area contributed by atoms with E-state index in [9.17, 15) is 9.90 Å². The summed E-state index contributed by atoms with van der Waals surface area (Å²) in [7, 11) is 0. The van der Waals surface area contributed by atoms with E-state index in [1.165, 1.54) is 6.07 Å². The molecule has 0 saturated carbocycles. The number of ether oxygens (including phenoxy) is 1. The van der Waals surface area contributed by atoms with Gasteiger partial charge in [-0.15, -0.1) is 0 Å². The SMILES string of the molecule is Nc1nc2[nH]c(=O)ccc2cc1[C@H]1C[C@H](O)[C@@H](CO)O1. The Labute approximate surface area is 114 Å². The van der Waals surface area contributed by atoms with Gasteiger partial charge in [0.1, 0.15) is 17.6 Å². The minimum absolute atomic E-state index is 0.244. The number of pyridine rings is 2. The number of hydrogen-bond acceptors (Lipinski definition) is 6. The average Bonchev–Trinajstić information content (AvgIpc) is 2.79. The van der Waals surface area contributed by atoms with Gasteiger partial charge in [0.25, 0.3) is 0 Å². The summed E-state index contributed by atoms with van der Waals surface area (Å²) in [6.45, 7) is -0.244. The van der Waals surface area contributed by atoms with Crippen LogP contribution in [0.3, 0.4) is 0 Å². The summed E-state index contributed by atoms with van der Waals surface area (Å²) in [5, 5.41) is 19.6. The zero-order chi connectivity index (χ0) is 14.3. The molecule has 2 aromatic rings. The molecule has 5 N–H and O–H groups in total. The molecule has 7 nitrogen and oxygen atoms in total. The van der Waals surface area contributed by atoms with Crippen molar-refractivity contribution in [3.05, 3.63) is 34.1 Å². The normalized spacial score (nSPS) is 26.2. The zero-order valence-corrected chi connectivity index (χ0v) is 10.6. The lowest BCUT2D eigenvalue weighted by molar-refractivity contribution is -0.0224. The summed E-state index contributed by atoms with van der Waals surface area (Å²) < 4.78 is 5.57. The largest absolute Gasteiger partial charge is 0.394 e. The standard InChI is InChI=1S/C13H15N3O4/c14-12-7(9-4-8(18)10(5-17)20-9)3-6-1-2-11(19)15-13(6)16-12/h1-3,8-10,17-18H,4-5H2,(H3,14,15,16,19)/t8-,9+,10+/m0/s1. The Morgan fingerprint density at radius 1 is 1.50 bits per heavy atom. The monoisotopic (exact) mass is 277 g/mol. The van der Waals surface area contributed by atoms with Crippen molar-refractivity contribution in [3.8, 4) is 0 Å². The van der Waals surface area contributed by atoms with Crippen molar-refractivity contribution in [2.45, 2.75) is 24.7 Å². The summed E-state index contributed by atoms with van der Waals surface area (Å²) in [5.74, 6) is 0.245. The molecule has 3 heterocycles. The van der Waals surface area contributed by atoms with Gasteiger partial charge >= 0.3 is 0 Å². The summed E-state index contributed by atoms with van der Waals surface area (Å²) in [6.07, 6.45) is -1.39. The Morgan fingerprint density at radius 2 is 2.30 bits per heavy atom. The number of nitrogens with zero attached hydrogens (tertiary/aromatic N) is 1. The van der Waals surface area contributed by atoms with E-state index >= 15 is 0 Å². The lowest BCUT2D eigenvalue weighted by Gasteiger charge is -2.14. The number of hydrogen-bond donors (Lipinski definition) is 4. The van der Waals surface area contributed by atoms with Crippen molar-refractivity contribution in [1.82, 2.24) is 9.97 Å². The van der Waals surface area contributed by atoms with E-state index in [4.69, 9.17) is 15.6 Å². The van der Waals surface area contributed by atoms with Gasteiger partial charge in [-0.3, -0.25) is 4.79 Å². The Balaban J connectivity index is 2.02. The molecule has 0 spiro atoms. The third-order valence-corrected chi connectivity index (χ3v) is 3.52. The zero-order valence-electron chi connectivity index (χ0n) is 10.6. The molecule has 0 aromatic carbocycles. The molecule has 20 heavy (non-hydrogen) atoms. The lowest BCUT2D eigenvalue weighted by atomic mass is 10.0. The molecule has 0 amide bonds. The van der Waals surface area contributed by atoms with E-state index in [0.29, 0.717) is 17.6 Å². The van der Waals surface area contributed by atoms with Crippen LogP contribution in [-0.2, 0) is 4.74 Å². The fourth-order valence-electron chi connectivity index (χ4n) is 2.46. The maximum Gasteiger partial charge on any atom is 0.249 e. The van der Waals surface area contributed by atoms with Gasteiger partial charge in [-0.25, -0.2) is 4.98 Å². The van der Waals surface area contributed by atoms with Crippen LogP contribution in [0, 0.1) is 0 Å². The second-order valence-electron chi connectivity index (χ2n) is 4.87. The molecule has 0 radical (unpaired) electrons. The smallest absolute Gasteiger partial charge is 0.249 e. The van der Waals surface area contributed by atoms with E-state index in [0.717, 1.165) is 5.39 Å². The Kier molecular flexibility index (Phi) is 3.17. The first-order valence-electron chi connectivity index (χ1n) is 6.32. The van der Waals surface area contributed by atoms with Crippen LogP contribution in [-0.4, -0.2) is 39.0 Å². The first-order chi connectivity index (χ1) is 9.58. The minimum Gasteiger partial charge on any atom is -0.394 e. The number of nitrogen functional groups attached to an aromatic ring is 1. The highest BCUT2D eigenvalue weighted by Gasteiger charge is 2.35. The summed E-state index contributed by atoms with van der Waals surface area (Å²) >= 11 is 0.